The molecule has 1 aliphatic carbocycles. The number of aliphatic hydroxyl groups excluding tert-OH is 1. The van der Waals surface area contributed by atoms with Crippen LogP contribution in [0.3, 0.4) is 0 Å². The van der Waals surface area contributed by atoms with Crippen molar-refractivity contribution in [3.05, 3.63) is 35.4 Å². The summed E-state index contributed by atoms with van der Waals surface area (Å²) in [7, 11) is 1.69. The Balaban J connectivity index is 1.69. The number of likely N-dealkylation sites (N-methyl/N-ethyl adjacent to an activating group) is 1. The van der Waals surface area contributed by atoms with E-state index in [9.17, 15) is 14.7 Å². The van der Waals surface area contributed by atoms with Crippen molar-refractivity contribution in [2.45, 2.75) is 45.0 Å². The molecule has 1 aliphatic heterocycles. The van der Waals surface area contributed by atoms with Crippen LogP contribution in [0.15, 0.2) is 24.3 Å². The number of amides is 2. The predicted molar refractivity (Wildman–Crippen MR) is 81.7 cm³/mol. The van der Waals surface area contributed by atoms with Crippen LogP contribution in [0.25, 0.3) is 0 Å². The quantitative estimate of drug-likeness (QED) is 0.891. The Morgan fingerprint density at radius 3 is 2.32 bits per heavy atom. The van der Waals surface area contributed by atoms with E-state index >= 15 is 0 Å². The van der Waals surface area contributed by atoms with Crippen molar-refractivity contribution >= 4 is 11.8 Å². The van der Waals surface area contributed by atoms with Gasteiger partial charge >= 0.3 is 0 Å². The molecule has 0 bridgehead atoms. The Morgan fingerprint density at radius 1 is 1.18 bits per heavy atom. The molecule has 0 saturated heterocycles. The van der Waals surface area contributed by atoms with E-state index in [1.807, 2.05) is 29.2 Å². The average molecular weight is 302 g/mol. The third-order valence-corrected chi connectivity index (χ3v) is 5.04. The van der Waals surface area contributed by atoms with E-state index in [0.29, 0.717) is 25.9 Å². The second-order valence-electron chi connectivity index (χ2n) is 6.33. The maximum atomic E-state index is 12.7. The van der Waals surface area contributed by atoms with Gasteiger partial charge in [0.05, 0.1) is 18.1 Å². The van der Waals surface area contributed by atoms with E-state index in [4.69, 9.17) is 0 Å². The SMILES string of the molecule is CC(=O)N(C)[C@@H]1CC[C@@H](C(=O)N2Cc3ccccc3C2)[C@@H]1O. The molecular weight excluding hydrogens is 280 g/mol. The first-order valence-corrected chi connectivity index (χ1v) is 7.76. The molecule has 0 spiro atoms. The highest BCUT2D eigenvalue weighted by molar-refractivity contribution is 5.81. The van der Waals surface area contributed by atoms with E-state index in [1.165, 1.54) is 18.1 Å². The molecule has 5 nitrogen and oxygen atoms in total. The maximum absolute atomic E-state index is 12.7. The van der Waals surface area contributed by atoms with Gasteiger partial charge in [0.25, 0.3) is 0 Å². The molecule has 0 radical (unpaired) electrons. The lowest BCUT2D eigenvalue weighted by molar-refractivity contribution is -0.141. The summed E-state index contributed by atoms with van der Waals surface area (Å²) in [5.74, 6) is -0.477. The summed E-state index contributed by atoms with van der Waals surface area (Å²) in [6.45, 7) is 2.72. The molecule has 3 atom stereocenters. The molecule has 1 fully saturated rings. The Hall–Kier alpha value is -1.88. The number of carbonyl (C=O) groups excluding carboxylic acids is 2. The third kappa shape index (κ3) is 2.50. The standard InChI is InChI=1S/C17H22N2O3/c1-11(20)18(2)15-8-7-14(16(15)21)17(22)19-9-12-5-3-4-6-13(12)10-19/h3-6,14-16,21H,7-10H2,1-2H3/t14-,15-,16+/m1/s1. The van der Waals surface area contributed by atoms with Gasteiger partial charge in [-0.2, -0.15) is 0 Å². The van der Waals surface area contributed by atoms with E-state index in [0.717, 1.165) is 0 Å². The zero-order valence-corrected chi connectivity index (χ0v) is 13.0. The van der Waals surface area contributed by atoms with Gasteiger partial charge in [0.1, 0.15) is 0 Å². The number of benzene rings is 1. The molecule has 3 rings (SSSR count). The molecule has 1 N–H and O–H groups in total. The second kappa shape index (κ2) is 5.72. The fourth-order valence-corrected chi connectivity index (χ4v) is 3.61. The highest BCUT2D eigenvalue weighted by Crippen LogP contribution is 2.33. The fraction of sp³-hybridized carbons (Fsp3) is 0.529. The van der Waals surface area contributed by atoms with Gasteiger partial charge in [-0.25, -0.2) is 0 Å². The molecule has 118 valence electrons. The van der Waals surface area contributed by atoms with E-state index in [1.54, 1.807) is 11.9 Å². The number of carbonyl (C=O) groups is 2. The number of fused-ring (bicyclic) bond motifs is 1. The summed E-state index contributed by atoms with van der Waals surface area (Å²) in [4.78, 5) is 27.6. The average Bonchev–Trinajstić information content (AvgIpc) is 3.09. The van der Waals surface area contributed by atoms with Gasteiger partial charge in [0, 0.05) is 27.1 Å². The molecule has 0 aromatic heterocycles. The van der Waals surface area contributed by atoms with Crippen molar-refractivity contribution in [3.63, 3.8) is 0 Å². The van der Waals surface area contributed by atoms with Crippen LogP contribution < -0.4 is 0 Å². The van der Waals surface area contributed by atoms with E-state index < -0.39 is 12.0 Å². The summed E-state index contributed by atoms with van der Waals surface area (Å²) in [5.41, 5.74) is 2.36. The lowest BCUT2D eigenvalue weighted by Crippen LogP contribution is -2.45. The van der Waals surface area contributed by atoms with Crippen molar-refractivity contribution in [1.29, 1.82) is 0 Å². The molecule has 5 heteroatoms. The van der Waals surface area contributed by atoms with Crippen molar-refractivity contribution in [3.8, 4) is 0 Å². The Labute approximate surface area is 130 Å². The highest BCUT2D eigenvalue weighted by Gasteiger charge is 2.43. The summed E-state index contributed by atoms with van der Waals surface area (Å²) >= 11 is 0. The number of nitrogens with zero attached hydrogens (tertiary/aromatic N) is 2. The van der Waals surface area contributed by atoms with Gasteiger partial charge in [-0.3, -0.25) is 9.59 Å². The van der Waals surface area contributed by atoms with Crippen molar-refractivity contribution in [2.75, 3.05) is 7.05 Å². The number of aliphatic hydroxyl groups is 1. The van der Waals surface area contributed by atoms with Crippen LogP contribution >= 0.6 is 0 Å². The van der Waals surface area contributed by atoms with Crippen LogP contribution in [0.1, 0.15) is 30.9 Å². The second-order valence-corrected chi connectivity index (χ2v) is 6.33. The molecule has 1 saturated carbocycles. The largest absolute Gasteiger partial charge is 0.390 e. The first kappa shape index (κ1) is 15.0. The molecule has 2 aliphatic rings. The topological polar surface area (TPSA) is 60.9 Å². The number of rotatable bonds is 2. The minimum absolute atomic E-state index is 0.00292. The van der Waals surface area contributed by atoms with Crippen LogP contribution in [0.5, 0.6) is 0 Å². The summed E-state index contributed by atoms with van der Waals surface area (Å²) in [6, 6.07) is 7.79. The first-order chi connectivity index (χ1) is 10.5. The highest BCUT2D eigenvalue weighted by atomic mass is 16.3. The lowest BCUT2D eigenvalue weighted by atomic mass is 10.0. The van der Waals surface area contributed by atoms with Gasteiger partial charge in [-0.1, -0.05) is 24.3 Å². The summed E-state index contributed by atoms with van der Waals surface area (Å²) in [6.07, 6.45) is 0.536. The molecule has 1 heterocycles. The van der Waals surface area contributed by atoms with Crippen LogP contribution in [0, 0.1) is 5.92 Å². The molecule has 22 heavy (non-hydrogen) atoms. The van der Waals surface area contributed by atoms with Crippen molar-refractivity contribution in [1.82, 2.24) is 9.80 Å². The van der Waals surface area contributed by atoms with Crippen LogP contribution in [0.4, 0.5) is 0 Å². The Morgan fingerprint density at radius 2 is 1.77 bits per heavy atom. The van der Waals surface area contributed by atoms with E-state index in [2.05, 4.69) is 0 Å². The van der Waals surface area contributed by atoms with Crippen molar-refractivity contribution in [2.24, 2.45) is 5.92 Å². The summed E-state index contributed by atoms with van der Waals surface area (Å²) in [5, 5.41) is 10.5. The third-order valence-electron chi connectivity index (χ3n) is 5.04. The number of hydrogen-bond acceptors (Lipinski definition) is 3. The van der Waals surface area contributed by atoms with Crippen LogP contribution in [-0.4, -0.2) is 45.9 Å². The van der Waals surface area contributed by atoms with E-state index in [-0.39, 0.29) is 17.9 Å². The monoisotopic (exact) mass is 302 g/mol. The molecular formula is C17H22N2O3. The van der Waals surface area contributed by atoms with Crippen LogP contribution in [-0.2, 0) is 22.7 Å². The zero-order chi connectivity index (χ0) is 15.9. The summed E-state index contributed by atoms with van der Waals surface area (Å²) < 4.78 is 0. The fourth-order valence-electron chi connectivity index (χ4n) is 3.61. The van der Waals surface area contributed by atoms with Gasteiger partial charge < -0.3 is 14.9 Å². The molecule has 2 amide bonds. The van der Waals surface area contributed by atoms with Gasteiger partial charge in [0.2, 0.25) is 11.8 Å². The molecule has 1 aromatic rings. The predicted octanol–water partition coefficient (Wildman–Crippen LogP) is 1.15. The normalized spacial score (nSPS) is 26.9. The minimum atomic E-state index is -0.773. The van der Waals surface area contributed by atoms with Gasteiger partial charge in [-0.15, -0.1) is 0 Å². The maximum Gasteiger partial charge on any atom is 0.228 e. The van der Waals surface area contributed by atoms with Crippen molar-refractivity contribution < 1.29 is 14.7 Å². The Bertz CT molecular complexity index is 576. The zero-order valence-electron chi connectivity index (χ0n) is 13.0. The Kier molecular flexibility index (Phi) is 3.91. The molecule has 1 aromatic carbocycles. The smallest absolute Gasteiger partial charge is 0.228 e. The minimum Gasteiger partial charge on any atom is -0.390 e. The number of hydrogen-bond donors (Lipinski definition) is 1. The van der Waals surface area contributed by atoms with Gasteiger partial charge in [0.15, 0.2) is 0 Å². The van der Waals surface area contributed by atoms with Gasteiger partial charge in [-0.05, 0) is 24.0 Å². The van der Waals surface area contributed by atoms with Crippen LogP contribution in [0.2, 0.25) is 0 Å². The lowest BCUT2D eigenvalue weighted by Gasteiger charge is -2.28. The molecule has 0 unspecified atom stereocenters. The first-order valence-electron chi connectivity index (χ1n) is 7.76.